The van der Waals surface area contributed by atoms with Crippen molar-refractivity contribution < 1.29 is 35.5 Å². The van der Waals surface area contributed by atoms with Gasteiger partial charge >= 0.3 is 18.0 Å². The number of carbonyl (C=O) groups excluding carboxylic acids is 1. The Kier molecular flexibility index (Phi) is 6.41. The first kappa shape index (κ1) is 20.4. The number of hydrogen-bond donors (Lipinski definition) is 0. The fraction of sp³-hybridized carbons (Fsp3) is 0.562. The average Bonchev–Trinajstić information content (AvgIpc) is 2.50. The van der Waals surface area contributed by atoms with Crippen LogP contribution < -0.4 is 0 Å². The third-order valence-electron chi connectivity index (χ3n) is 3.57. The van der Waals surface area contributed by atoms with Crippen molar-refractivity contribution in [2.24, 2.45) is 0 Å². The molecule has 0 amide bonds. The Bertz CT molecular complexity index is 547. The molecule has 1 rings (SSSR count). The molecule has 0 spiro atoms. The summed E-state index contributed by atoms with van der Waals surface area (Å²) >= 11 is 0. The molecule has 1 aromatic carbocycles. The fourth-order valence-corrected chi connectivity index (χ4v) is 2.08. The number of halogens is 7. The largest absolute Gasteiger partial charge is 0.460 e. The minimum absolute atomic E-state index is 0.601. The molecule has 1 nitrogen and oxygen atoms in total. The summed E-state index contributed by atoms with van der Waals surface area (Å²) in [7, 11) is 0. The summed E-state index contributed by atoms with van der Waals surface area (Å²) in [6.07, 6.45) is -2.10. The summed E-state index contributed by atoms with van der Waals surface area (Å²) in [5.41, 5.74) is -0.199. The van der Waals surface area contributed by atoms with Crippen molar-refractivity contribution >= 4 is 5.78 Å². The molecule has 0 saturated heterocycles. The predicted octanol–water partition coefficient (Wildman–Crippen LogP) is 5.83. The molecule has 1 aromatic rings. The first-order valence-corrected chi connectivity index (χ1v) is 7.41. The first-order valence-electron chi connectivity index (χ1n) is 7.41. The Labute approximate surface area is 134 Å². The van der Waals surface area contributed by atoms with Crippen molar-refractivity contribution in [3.05, 3.63) is 35.4 Å². The van der Waals surface area contributed by atoms with Gasteiger partial charge in [-0.25, -0.2) is 0 Å². The van der Waals surface area contributed by atoms with E-state index in [1.54, 1.807) is 0 Å². The number of benzene rings is 1. The minimum atomic E-state index is -6.52. The van der Waals surface area contributed by atoms with E-state index in [-0.39, 0.29) is 0 Å². The lowest BCUT2D eigenvalue weighted by Gasteiger charge is -2.27. The van der Waals surface area contributed by atoms with Crippen molar-refractivity contribution in [3.8, 4) is 0 Å². The summed E-state index contributed by atoms with van der Waals surface area (Å²) in [6, 6.07) is 4.25. The maximum absolute atomic E-state index is 13.3. The van der Waals surface area contributed by atoms with Crippen molar-refractivity contribution in [1.29, 1.82) is 0 Å². The van der Waals surface area contributed by atoms with Gasteiger partial charge in [-0.3, -0.25) is 4.79 Å². The number of hydrogen-bond acceptors (Lipinski definition) is 1. The Morgan fingerprint density at radius 2 is 1.42 bits per heavy atom. The number of rotatable bonds is 8. The van der Waals surface area contributed by atoms with Gasteiger partial charge in [0, 0.05) is 5.56 Å². The van der Waals surface area contributed by atoms with Crippen LogP contribution in [0.2, 0.25) is 0 Å². The lowest BCUT2D eigenvalue weighted by atomic mass is 9.97. The summed E-state index contributed by atoms with van der Waals surface area (Å²) in [4.78, 5) is 11.4. The number of unbranched alkanes of at least 4 members (excludes halogenated alkanes) is 3. The van der Waals surface area contributed by atoms with E-state index in [4.69, 9.17) is 0 Å². The number of aryl methyl sites for hydroxylation is 1. The molecule has 0 aliphatic carbocycles. The molecule has 0 unspecified atom stereocenters. The van der Waals surface area contributed by atoms with Crippen LogP contribution in [0, 0.1) is 0 Å². The van der Waals surface area contributed by atoms with E-state index in [0.717, 1.165) is 37.8 Å². The fourth-order valence-electron chi connectivity index (χ4n) is 2.08. The molecule has 0 saturated carbocycles. The van der Waals surface area contributed by atoms with Gasteiger partial charge < -0.3 is 0 Å². The Morgan fingerprint density at radius 1 is 0.875 bits per heavy atom. The molecular formula is C16H17F7O. The van der Waals surface area contributed by atoms with E-state index >= 15 is 0 Å². The highest BCUT2D eigenvalue weighted by Gasteiger charge is 2.76. The summed E-state index contributed by atoms with van der Waals surface area (Å²) in [6.45, 7) is 2.03. The van der Waals surface area contributed by atoms with E-state index in [1.807, 2.05) is 6.92 Å². The normalized spacial score (nSPS) is 13.2. The zero-order valence-electron chi connectivity index (χ0n) is 12.9. The molecule has 0 heterocycles. The van der Waals surface area contributed by atoms with Gasteiger partial charge in [0.15, 0.2) is 0 Å². The highest BCUT2D eigenvalue weighted by atomic mass is 19.4. The Morgan fingerprint density at radius 3 is 1.88 bits per heavy atom. The van der Waals surface area contributed by atoms with E-state index in [0.29, 0.717) is 12.0 Å². The van der Waals surface area contributed by atoms with Gasteiger partial charge in [0.05, 0.1) is 0 Å². The van der Waals surface area contributed by atoms with E-state index in [1.165, 1.54) is 12.1 Å². The zero-order chi connectivity index (χ0) is 18.6. The number of alkyl halides is 7. The number of carbonyl (C=O) groups is 1. The van der Waals surface area contributed by atoms with E-state index < -0.39 is 29.4 Å². The molecule has 0 aromatic heterocycles. The van der Waals surface area contributed by atoms with Crippen molar-refractivity contribution in [1.82, 2.24) is 0 Å². The lowest BCUT2D eigenvalue weighted by Crippen LogP contribution is -2.56. The van der Waals surface area contributed by atoms with Crippen LogP contribution in [0.25, 0.3) is 0 Å². The third-order valence-corrected chi connectivity index (χ3v) is 3.57. The highest BCUT2D eigenvalue weighted by molar-refractivity contribution is 6.02. The van der Waals surface area contributed by atoms with Crippen molar-refractivity contribution in [3.63, 3.8) is 0 Å². The maximum atomic E-state index is 13.3. The van der Waals surface area contributed by atoms with Crippen molar-refractivity contribution in [2.75, 3.05) is 0 Å². The van der Waals surface area contributed by atoms with Crippen LogP contribution in [0.5, 0.6) is 0 Å². The quantitative estimate of drug-likeness (QED) is 0.325. The summed E-state index contributed by atoms with van der Waals surface area (Å²) in [5.74, 6) is -14.9. The van der Waals surface area contributed by atoms with Gasteiger partial charge in [0.25, 0.3) is 0 Å². The zero-order valence-corrected chi connectivity index (χ0v) is 12.9. The second-order valence-electron chi connectivity index (χ2n) is 5.48. The minimum Gasteiger partial charge on any atom is -0.287 e. The topological polar surface area (TPSA) is 17.1 Å². The Hall–Kier alpha value is -1.60. The molecule has 0 radical (unpaired) electrons. The molecule has 0 atom stereocenters. The smallest absolute Gasteiger partial charge is 0.287 e. The Balaban J connectivity index is 2.88. The van der Waals surface area contributed by atoms with Crippen molar-refractivity contribution in [2.45, 2.75) is 57.0 Å². The van der Waals surface area contributed by atoms with Gasteiger partial charge in [-0.1, -0.05) is 50.5 Å². The molecule has 0 aliphatic rings. The van der Waals surface area contributed by atoms with Gasteiger partial charge in [-0.05, 0) is 18.4 Å². The standard InChI is InChI=1S/C16H17F7O/c1-2-3-4-5-6-11-7-9-12(10-8-11)13(24)14(17,18)15(19,20)16(21,22)23/h7-10H,2-6H2,1H3. The molecule has 0 aliphatic heterocycles. The third kappa shape index (κ3) is 4.27. The SMILES string of the molecule is CCCCCCc1ccc(C(=O)C(F)(F)C(F)(F)C(F)(F)F)cc1. The molecule has 8 heteroatoms. The van der Waals surface area contributed by atoms with Crippen LogP contribution in [0.3, 0.4) is 0 Å². The predicted molar refractivity (Wildman–Crippen MR) is 74.6 cm³/mol. The van der Waals surface area contributed by atoms with E-state index in [2.05, 4.69) is 0 Å². The maximum Gasteiger partial charge on any atom is 0.460 e. The van der Waals surface area contributed by atoms with Gasteiger partial charge in [0.1, 0.15) is 0 Å². The van der Waals surface area contributed by atoms with Gasteiger partial charge in [0.2, 0.25) is 5.78 Å². The highest BCUT2D eigenvalue weighted by Crippen LogP contribution is 2.47. The molecule has 0 bridgehead atoms. The van der Waals surface area contributed by atoms with Crippen LogP contribution in [0.4, 0.5) is 30.7 Å². The first-order chi connectivity index (χ1) is 10.9. The van der Waals surface area contributed by atoms with E-state index in [9.17, 15) is 35.5 Å². The second-order valence-corrected chi connectivity index (χ2v) is 5.48. The second kappa shape index (κ2) is 7.53. The van der Waals surface area contributed by atoms with Crippen LogP contribution >= 0.6 is 0 Å². The van der Waals surface area contributed by atoms with Crippen LogP contribution in [0.1, 0.15) is 48.5 Å². The lowest BCUT2D eigenvalue weighted by molar-refractivity contribution is -0.339. The molecule has 24 heavy (non-hydrogen) atoms. The average molecular weight is 358 g/mol. The summed E-state index contributed by atoms with van der Waals surface area (Å²) in [5, 5.41) is 0. The molecule has 0 fully saturated rings. The number of ketones is 1. The van der Waals surface area contributed by atoms with Gasteiger partial charge in [-0.2, -0.15) is 30.7 Å². The van der Waals surface area contributed by atoms with Crippen LogP contribution in [0.15, 0.2) is 24.3 Å². The summed E-state index contributed by atoms with van der Waals surface area (Å²) < 4.78 is 88.7. The molecule has 136 valence electrons. The van der Waals surface area contributed by atoms with Gasteiger partial charge in [-0.15, -0.1) is 0 Å². The molecular weight excluding hydrogens is 341 g/mol. The monoisotopic (exact) mass is 358 g/mol. The van der Waals surface area contributed by atoms with Crippen LogP contribution in [-0.2, 0) is 6.42 Å². The van der Waals surface area contributed by atoms with Crippen LogP contribution in [-0.4, -0.2) is 23.8 Å². The number of Topliss-reactive ketones (excluding diaryl/α,β-unsaturated/α-hetero) is 1. The molecule has 0 N–H and O–H groups in total.